The normalized spacial score (nSPS) is 10.6. The molecule has 0 saturated carbocycles. The van der Waals surface area contributed by atoms with E-state index in [1.54, 1.807) is 4.68 Å². The van der Waals surface area contributed by atoms with Crippen LogP contribution in [-0.2, 0) is 24.7 Å². The number of hydrogen-bond donors (Lipinski definition) is 0. The summed E-state index contributed by atoms with van der Waals surface area (Å²) in [5.74, 6) is 0.266. The van der Waals surface area contributed by atoms with E-state index in [1.807, 2.05) is 38.2 Å². The van der Waals surface area contributed by atoms with Gasteiger partial charge in [0.05, 0.1) is 5.69 Å². The number of benzene rings is 1. The molecular weight excluding hydrogens is 224 g/mol. The zero-order valence-electron chi connectivity index (χ0n) is 10.9. The van der Waals surface area contributed by atoms with Crippen molar-refractivity contribution >= 4 is 5.78 Å². The molecule has 1 heterocycles. The summed E-state index contributed by atoms with van der Waals surface area (Å²) in [6.45, 7) is 1.94. The Labute approximate surface area is 107 Å². The van der Waals surface area contributed by atoms with Gasteiger partial charge in [0.15, 0.2) is 0 Å². The Hall–Kier alpha value is -1.90. The van der Waals surface area contributed by atoms with Gasteiger partial charge in [0.1, 0.15) is 5.78 Å². The van der Waals surface area contributed by atoms with Crippen LogP contribution in [0.5, 0.6) is 0 Å². The van der Waals surface area contributed by atoms with E-state index in [0.29, 0.717) is 12.8 Å². The van der Waals surface area contributed by atoms with Crippen molar-refractivity contribution in [1.29, 1.82) is 0 Å². The molecule has 0 saturated heterocycles. The van der Waals surface area contributed by atoms with Crippen LogP contribution >= 0.6 is 0 Å². The molecule has 0 atom stereocenters. The van der Waals surface area contributed by atoms with Gasteiger partial charge in [-0.05, 0) is 25.0 Å². The molecule has 2 rings (SSSR count). The van der Waals surface area contributed by atoms with Gasteiger partial charge in [-0.1, -0.05) is 30.3 Å². The smallest absolute Gasteiger partial charge is 0.139 e. The van der Waals surface area contributed by atoms with Crippen LogP contribution < -0.4 is 0 Å². The minimum Gasteiger partial charge on any atom is -0.299 e. The van der Waals surface area contributed by atoms with Gasteiger partial charge in [-0.15, -0.1) is 0 Å². The molecule has 0 aliphatic heterocycles. The standard InChI is InChI=1S/C15H18N2O/c1-12-10-14(17(2)16-12)11-15(18)9-8-13-6-4-3-5-7-13/h3-7,10H,8-9,11H2,1-2H3. The van der Waals surface area contributed by atoms with E-state index in [2.05, 4.69) is 17.2 Å². The second kappa shape index (κ2) is 5.63. The number of carbonyl (C=O) groups excluding carboxylic acids is 1. The Morgan fingerprint density at radius 2 is 2.00 bits per heavy atom. The molecule has 3 nitrogen and oxygen atoms in total. The molecule has 0 spiro atoms. The van der Waals surface area contributed by atoms with Gasteiger partial charge in [0.2, 0.25) is 0 Å². The van der Waals surface area contributed by atoms with E-state index in [9.17, 15) is 4.79 Å². The van der Waals surface area contributed by atoms with Crippen molar-refractivity contribution in [1.82, 2.24) is 9.78 Å². The highest BCUT2D eigenvalue weighted by Gasteiger charge is 2.08. The van der Waals surface area contributed by atoms with Gasteiger partial charge in [0, 0.05) is 25.6 Å². The molecule has 0 N–H and O–H groups in total. The molecule has 3 heteroatoms. The van der Waals surface area contributed by atoms with Crippen molar-refractivity contribution < 1.29 is 4.79 Å². The third-order valence-corrected chi connectivity index (χ3v) is 3.01. The molecule has 1 aromatic carbocycles. The van der Waals surface area contributed by atoms with Crippen LogP contribution in [0, 0.1) is 6.92 Å². The monoisotopic (exact) mass is 242 g/mol. The molecule has 0 amide bonds. The summed E-state index contributed by atoms with van der Waals surface area (Å²) in [5.41, 5.74) is 3.17. The summed E-state index contributed by atoms with van der Waals surface area (Å²) in [4.78, 5) is 11.9. The third kappa shape index (κ3) is 3.29. The average molecular weight is 242 g/mol. The van der Waals surface area contributed by atoms with Gasteiger partial charge < -0.3 is 0 Å². The highest BCUT2D eigenvalue weighted by molar-refractivity contribution is 5.80. The van der Waals surface area contributed by atoms with Crippen LogP contribution in [0.4, 0.5) is 0 Å². The van der Waals surface area contributed by atoms with Crippen LogP contribution in [0.3, 0.4) is 0 Å². The van der Waals surface area contributed by atoms with Crippen LogP contribution in [-0.4, -0.2) is 15.6 Å². The summed E-state index contributed by atoms with van der Waals surface area (Å²) in [5, 5.41) is 4.25. The van der Waals surface area contributed by atoms with Gasteiger partial charge in [-0.3, -0.25) is 9.48 Å². The van der Waals surface area contributed by atoms with Crippen molar-refractivity contribution in [2.75, 3.05) is 0 Å². The van der Waals surface area contributed by atoms with Crippen LogP contribution in [0.1, 0.15) is 23.4 Å². The predicted octanol–water partition coefficient (Wildman–Crippen LogP) is 2.47. The number of carbonyl (C=O) groups is 1. The zero-order chi connectivity index (χ0) is 13.0. The van der Waals surface area contributed by atoms with E-state index in [1.165, 1.54) is 5.56 Å². The first-order chi connectivity index (χ1) is 8.65. The van der Waals surface area contributed by atoms with Crippen molar-refractivity contribution in [2.24, 2.45) is 7.05 Å². The lowest BCUT2D eigenvalue weighted by Gasteiger charge is -2.02. The Kier molecular flexibility index (Phi) is 3.92. The predicted molar refractivity (Wildman–Crippen MR) is 71.4 cm³/mol. The maximum atomic E-state index is 11.9. The minimum absolute atomic E-state index is 0.266. The lowest BCUT2D eigenvalue weighted by Crippen LogP contribution is -2.08. The maximum Gasteiger partial charge on any atom is 0.139 e. The number of Topliss-reactive ketones (excluding diaryl/α,β-unsaturated/α-hetero) is 1. The summed E-state index contributed by atoms with van der Waals surface area (Å²) in [6.07, 6.45) is 1.88. The number of ketones is 1. The van der Waals surface area contributed by atoms with E-state index < -0.39 is 0 Å². The molecule has 2 aromatic rings. The quantitative estimate of drug-likeness (QED) is 0.807. The highest BCUT2D eigenvalue weighted by atomic mass is 16.1. The number of aryl methyl sites for hydroxylation is 3. The van der Waals surface area contributed by atoms with Crippen molar-refractivity contribution in [2.45, 2.75) is 26.2 Å². The van der Waals surface area contributed by atoms with Crippen LogP contribution in [0.25, 0.3) is 0 Å². The second-order valence-electron chi connectivity index (χ2n) is 4.60. The molecule has 0 unspecified atom stereocenters. The largest absolute Gasteiger partial charge is 0.299 e. The zero-order valence-corrected chi connectivity index (χ0v) is 10.9. The van der Waals surface area contributed by atoms with Crippen LogP contribution in [0.2, 0.25) is 0 Å². The molecule has 94 valence electrons. The van der Waals surface area contributed by atoms with E-state index in [0.717, 1.165) is 17.8 Å². The molecular formula is C15H18N2O. The van der Waals surface area contributed by atoms with Gasteiger partial charge in [0.25, 0.3) is 0 Å². The highest BCUT2D eigenvalue weighted by Crippen LogP contribution is 2.07. The third-order valence-electron chi connectivity index (χ3n) is 3.01. The molecule has 0 bridgehead atoms. The molecule has 1 aromatic heterocycles. The molecule has 0 aliphatic rings. The average Bonchev–Trinajstić information content (AvgIpc) is 2.67. The molecule has 0 fully saturated rings. The lowest BCUT2D eigenvalue weighted by molar-refractivity contribution is -0.118. The van der Waals surface area contributed by atoms with Gasteiger partial charge in [-0.25, -0.2) is 0 Å². The van der Waals surface area contributed by atoms with Gasteiger partial charge >= 0.3 is 0 Å². The first-order valence-electron chi connectivity index (χ1n) is 6.20. The van der Waals surface area contributed by atoms with Gasteiger partial charge in [-0.2, -0.15) is 5.10 Å². The Morgan fingerprint density at radius 3 is 2.61 bits per heavy atom. The fourth-order valence-electron chi connectivity index (χ4n) is 2.05. The van der Waals surface area contributed by atoms with Crippen LogP contribution in [0.15, 0.2) is 36.4 Å². The summed E-state index contributed by atoms with van der Waals surface area (Å²) < 4.78 is 1.79. The summed E-state index contributed by atoms with van der Waals surface area (Å²) in [6, 6.07) is 12.1. The van der Waals surface area contributed by atoms with Crippen molar-refractivity contribution in [3.05, 3.63) is 53.3 Å². The summed E-state index contributed by atoms with van der Waals surface area (Å²) >= 11 is 0. The molecule has 18 heavy (non-hydrogen) atoms. The topological polar surface area (TPSA) is 34.9 Å². The second-order valence-corrected chi connectivity index (χ2v) is 4.60. The first-order valence-corrected chi connectivity index (χ1v) is 6.20. The van der Waals surface area contributed by atoms with E-state index in [-0.39, 0.29) is 5.78 Å². The fourth-order valence-corrected chi connectivity index (χ4v) is 2.05. The number of aromatic nitrogens is 2. The Balaban J connectivity index is 1.88. The van der Waals surface area contributed by atoms with E-state index >= 15 is 0 Å². The molecule has 0 aliphatic carbocycles. The SMILES string of the molecule is Cc1cc(CC(=O)CCc2ccccc2)n(C)n1. The number of nitrogens with zero attached hydrogens (tertiary/aromatic N) is 2. The van der Waals surface area contributed by atoms with E-state index in [4.69, 9.17) is 0 Å². The minimum atomic E-state index is 0.266. The lowest BCUT2D eigenvalue weighted by atomic mass is 10.1. The maximum absolute atomic E-state index is 11.9. The number of hydrogen-bond acceptors (Lipinski definition) is 2. The number of rotatable bonds is 5. The van der Waals surface area contributed by atoms with Crippen molar-refractivity contribution in [3.63, 3.8) is 0 Å². The Bertz CT molecular complexity index is 529. The first kappa shape index (κ1) is 12.6. The molecule has 0 radical (unpaired) electrons. The summed E-state index contributed by atoms with van der Waals surface area (Å²) in [7, 11) is 1.88. The van der Waals surface area contributed by atoms with Crippen molar-refractivity contribution in [3.8, 4) is 0 Å². The fraction of sp³-hybridized carbons (Fsp3) is 0.333. The Morgan fingerprint density at radius 1 is 1.28 bits per heavy atom.